The van der Waals surface area contributed by atoms with Crippen LogP contribution in [0, 0.1) is 0 Å². The lowest BCUT2D eigenvalue weighted by atomic mass is 10.1. The average Bonchev–Trinajstić information content (AvgIpc) is 3.49. The topological polar surface area (TPSA) is 81.5 Å². The zero-order chi connectivity index (χ0) is 22.8. The number of amides is 1. The summed E-state index contributed by atoms with van der Waals surface area (Å²) in [4.78, 5) is 20.2. The first kappa shape index (κ1) is 21.5. The average molecular weight is 464 g/mol. The summed E-state index contributed by atoms with van der Waals surface area (Å²) in [6.07, 6.45) is 1.43. The Morgan fingerprint density at radius 2 is 1.94 bits per heavy atom. The van der Waals surface area contributed by atoms with Crippen molar-refractivity contribution >= 4 is 28.8 Å². The smallest absolute Gasteiger partial charge is 0.291 e. The summed E-state index contributed by atoms with van der Waals surface area (Å²) in [6.45, 7) is 1.48. The van der Waals surface area contributed by atoms with Gasteiger partial charge in [-0.2, -0.15) is 0 Å². The Balaban J connectivity index is 1.37. The van der Waals surface area contributed by atoms with E-state index >= 15 is 0 Å². The standard InChI is InChI=1S/C24H25N5O3S/c1-28-19-9-5-6-10-20(19)32-15-18(24(28)33)25-23(30)22-26-21(13-16-7-3-2-4-8-16)29(27-22)17-11-12-31-14-17/h2-10,17-18H,11-15H2,1H3,(H,25,30)/t17?,18-/m0/s1. The van der Waals surface area contributed by atoms with Crippen LogP contribution in [0.1, 0.15) is 34.5 Å². The molecule has 9 heteroatoms. The molecule has 8 nitrogen and oxygen atoms in total. The normalized spacial score (nSPS) is 20.2. The molecule has 3 heterocycles. The van der Waals surface area contributed by atoms with Crippen LogP contribution in [-0.4, -0.2) is 58.6 Å². The van der Waals surface area contributed by atoms with Crippen LogP contribution in [-0.2, 0) is 11.2 Å². The summed E-state index contributed by atoms with van der Waals surface area (Å²) in [7, 11) is 1.88. The van der Waals surface area contributed by atoms with Crippen molar-refractivity contribution in [2.24, 2.45) is 0 Å². The SMILES string of the molecule is CN1C(=S)[C@@H](NC(=O)c2nc(Cc3ccccc3)n(C3CCOC3)n2)COc2ccccc21. The van der Waals surface area contributed by atoms with Crippen molar-refractivity contribution in [3.63, 3.8) is 0 Å². The van der Waals surface area contributed by atoms with E-state index in [4.69, 9.17) is 21.7 Å². The van der Waals surface area contributed by atoms with Crippen LogP contribution in [0.4, 0.5) is 5.69 Å². The number of hydrogen-bond donors (Lipinski definition) is 1. The number of carbonyl (C=O) groups is 1. The first-order valence-electron chi connectivity index (χ1n) is 11.0. The predicted molar refractivity (Wildman–Crippen MR) is 128 cm³/mol. The molecule has 1 unspecified atom stereocenters. The highest BCUT2D eigenvalue weighted by atomic mass is 32.1. The first-order valence-corrected chi connectivity index (χ1v) is 11.4. The van der Waals surface area contributed by atoms with Crippen LogP contribution in [0.2, 0.25) is 0 Å². The highest BCUT2D eigenvalue weighted by molar-refractivity contribution is 7.80. The molecule has 170 valence electrons. The number of likely N-dealkylation sites (N-methyl/N-ethyl adjacent to an activating group) is 1. The van der Waals surface area contributed by atoms with Gasteiger partial charge in [0.15, 0.2) is 0 Å². The number of fused-ring (bicyclic) bond motifs is 1. The number of nitrogens with zero attached hydrogens (tertiary/aromatic N) is 4. The summed E-state index contributed by atoms with van der Waals surface area (Å²) in [5.41, 5.74) is 1.97. The molecule has 0 spiro atoms. The fourth-order valence-electron chi connectivity index (χ4n) is 4.14. The van der Waals surface area contributed by atoms with E-state index in [-0.39, 0.29) is 24.4 Å². The minimum atomic E-state index is -0.482. The van der Waals surface area contributed by atoms with Crippen LogP contribution in [0.5, 0.6) is 5.75 Å². The van der Waals surface area contributed by atoms with Crippen LogP contribution in [0.15, 0.2) is 54.6 Å². The van der Waals surface area contributed by atoms with Crippen molar-refractivity contribution in [3.05, 3.63) is 71.8 Å². The summed E-state index contributed by atoms with van der Waals surface area (Å²) in [6, 6.07) is 17.3. The summed E-state index contributed by atoms with van der Waals surface area (Å²) < 4.78 is 13.3. The maximum Gasteiger partial charge on any atom is 0.291 e. The Morgan fingerprint density at radius 3 is 2.73 bits per heavy atom. The lowest BCUT2D eigenvalue weighted by molar-refractivity contribution is 0.0926. The Bertz CT molecular complexity index is 1160. The van der Waals surface area contributed by atoms with Crippen LogP contribution in [0.3, 0.4) is 0 Å². The third-order valence-corrected chi connectivity index (χ3v) is 6.49. The molecular formula is C24H25N5O3S. The fraction of sp³-hybridized carbons (Fsp3) is 0.333. The van der Waals surface area contributed by atoms with E-state index in [1.54, 1.807) is 0 Å². The third-order valence-electron chi connectivity index (χ3n) is 5.93. The van der Waals surface area contributed by atoms with Crippen molar-refractivity contribution in [2.45, 2.75) is 24.9 Å². The summed E-state index contributed by atoms with van der Waals surface area (Å²) in [5.74, 6) is 1.22. The number of aromatic nitrogens is 3. The second-order valence-electron chi connectivity index (χ2n) is 8.18. The van der Waals surface area contributed by atoms with E-state index in [1.807, 2.05) is 71.2 Å². The molecule has 1 amide bonds. The molecule has 0 bridgehead atoms. The van der Waals surface area contributed by atoms with Gasteiger partial charge in [0.05, 0.1) is 18.3 Å². The molecule has 1 saturated heterocycles. The monoisotopic (exact) mass is 463 g/mol. The first-order chi connectivity index (χ1) is 16.1. The van der Waals surface area contributed by atoms with Crippen molar-refractivity contribution in [3.8, 4) is 5.75 Å². The van der Waals surface area contributed by atoms with Gasteiger partial charge in [-0.25, -0.2) is 9.67 Å². The molecule has 1 N–H and O–H groups in total. The molecular weight excluding hydrogens is 438 g/mol. The number of carbonyl (C=O) groups excluding carboxylic acids is 1. The van der Waals surface area contributed by atoms with Gasteiger partial charge in [0.1, 0.15) is 29.2 Å². The number of benzene rings is 2. The zero-order valence-electron chi connectivity index (χ0n) is 18.3. The zero-order valence-corrected chi connectivity index (χ0v) is 19.1. The second-order valence-corrected chi connectivity index (χ2v) is 8.60. The van der Waals surface area contributed by atoms with Gasteiger partial charge in [-0.1, -0.05) is 54.7 Å². The quantitative estimate of drug-likeness (QED) is 0.583. The van der Waals surface area contributed by atoms with Gasteiger partial charge in [-0.05, 0) is 24.1 Å². The van der Waals surface area contributed by atoms with Crippen molar-refractivity contribution < 1.29 is 14.3 Å². The van der Waals surface area contributed by atoms with Gasteiger partial charge < -0.3 is 19.7 Å². The number of anilines is 1. The molecule has 1 aromatic heterocycles. The number of thiocarbonyl (C=S) groups is 1. The minimum absolute atomic E-state index is 0.0701. The van der Waals surface area contributed by atoms with E-state index in [1.165, 1.54) is 0 Å². The van der Waals surface area contributed by atoms with E-state index in [0.717, 1.165) is 29.2 Å². The highest BCUT2D eigenvalue weighted by Crippen LogP contribution is 2.30. The van der Waals surface area contributed by atoms with Crippen LogP contribution in [0.25, 0.3) is 0 Å². The van der Waals surface area contributed by atoms with Gasteiger partial charge >= 0.3 is 0 Å². The summed E-state index contributed by atoms with van der Waals surface area (Å²) in [5, 5.41) is 7.55. The van der Waals surface area contributed by atoms with Gasteiger partial charge in [0, 0.05) is 20.1 Å². The van der Waals surface area contributed by atoms with Gasteiger partial charge in [-0.15, -0.1) is 5.10 Å². The highest BCUT2D eigenvalue weighted by Gasteiger charge is 2.30. The Hall–Kier alpha value is -3.30. The lowest BCUT2D eigenvalue weighted by Gasteiger charge is -2.23. The number of nitrogens with one attached hydrogen (secondary N) is 1. The lowest BCUT2D eigenvalue weighted by Crippen LogP contribution is -2.48. The Labute approximate surface area is 197 Å². The molecule has 0 radical (unpaired) electrons. The Morgan fingerprint density at radius 1 is 1.15 bits per heavy atom. The van der Waals surface area contributed by atoms with Crippen LogP contribution < -0.4 is 15.0 Å². The van der Waals surface area contributed by atoms with E-state index in [2.05, 4.69) is 15.4 Å². The Kier molecular flexibility index (Phi) is 6.06. The molecule has 0 aliphatic carbocycles. The molecule has 5 rings (SSSR count). The molecule has 2 aliphatic rings. The van der Waals surface area contributed by atoms with E-state index < -0.39 is 6.04 Å². The third kappa shape index (κ3) is 4.46. The maximum atomic E-state index is 13.2. The second kappa shape index (κ2) is 9.29. The number of hydrogen-bond acceptors (Lipinski definition) is 6. The van der Waals surface area contributed by atoms with Crippen molar-refractivity contribution in [2.75, 3.05) is 31.8 Å². The molecule has 2 atom stereocenters. The summed E-state index contributed by atoms with van der Waals surface area (Å²) >= 11 is 5.65. The van der Waals surface area contributed by atoms with Gasteiger partial charge in [-0.3, -0.25) is 4.79 Å². The maximum absolute atomic E-state index is 13.2. The van der Waals surface area contributed by atoms with E-state index in [0.29, 0.717) is 24.6 Å². The minimum Gasteiger partial charge on any atom is -0.489 e. The largest absolute Gasteiger partial charge is 0.489 e. The number of rotatable bonds is 5. The number of ether oxygens (including phenoxy) is 2. The van der Waals surface area contributed by atoms with Gasteiger partial charge in [0.25, 0.3) is 5.91 Å². The number of para-hydroxylation sites is 2. The fourth-order valence-corrected chi connectivity index (χ4v) is 4.36. The molecule has 2 aliphatic heterocycles. The molecule has 33 heavy (non-hydrogen) atoms. The van der Waals surface area contributed by atoms with Crippen molar-refractivity contribution in [1.82, 2.24) is 20.1 Å². The van der Waals surface area contributed by atoms with Crippen LogP contribution >= 0.6 is 12.2 Å². The molecule has 3 aromatic rings. The molecule has 1 fully saturated rings. The molecule has 0 saturated carbocycles. The van der Waals surface area contributed by atoms with Gasteiger partial charge in [0.2, 0.25) is 5.82 Å². The molecule has 2 aromatic carbocycles. The van der Waals surface area contributed by atoms with Crippen molar-refractivity contribution in [1.29, 1.82) is 0 Å². The predicted octanol–water partition coefficient (Wildman–Crippen LogP) is 2.78. The van der Waals surface area contributed by atoms with E-state index in [9.17, 15) is 4.79 Å².